The van der Waals surface area contributed by atoms with E-state index in [0.717, 1.165) is 23.8 Å². The fraction of sp³-hybridized carbons (Fsp3) is 0.400. The number of nitrogens with one attached hydrogen (secondary N) is 2. The highest BCUT2D eigenvalue weighted by atomic mass is 19.1. The Morgan fingerprint density at radius 2 is 2.14 bits per heavy atom. The first-order valence-corrected chi connectivity index (χ1v) is 7.21. The summed E-state index contributed by atoms with van der Waals surface area (Å²) in [6, 6.07) is 6.44. The maximum Gasteiger partial charge on any atom is 0.191 e. The van der Waals surface area contributed by atoms with Crippen LogP contribution in [0.1, 0.15) is 24.1 Å². The monoisotopic (exact) mass is 304 g/mol. The van der Waals surface area contributed by atoms with Gasteiger partial charge in [0.2, 0.25) is 0 Å². The van der Waals surface area contributed by atoms with Crippen LogP contribution in [0, 0.1) is 12.7 Å². The molecule has 0 saturated carbocycles. The molecule has 0 radical (unpaired) electrons. The molecule has 118 valence electrons. The Morgan fingerprint density at radius 1 is 1.32 bits per heavy atom. The predicted molar refractivity (Wildman–Crippen MR) is 83.8 cm³/mol. The van der Waals surface area contributed by atoms with Gasteiger partial charge in [-0.15, -0.1) is 10.2 Å². The topological polar surface area (TPSA) is 67.1 Å². The van der Waals surface area contributed by atoms with E-state index in [4.69, 9.17) is 0 Å². The Labute approximate surface area is 129 Å². The van der Waals surface area contributed by atoms with E-state index in [0.29, 0.717) is 19.0 Å². The number of nitrogens with zero attached hydrogens (tertiary/aromatic N) is 4. The number of rotatable bonds is 5. The van der Waals surface area contributed by atoms with Crippen molar-refractivity contribution in [2.45, 2.75) is 26.9 Å². The molecule has 0 amide bonds. The van der Waals surface area contributed by atoms with Crippen molar-refractivity contribution < 1.29 is 4.39 Å². The lowest BCUT2D eigenvalue weighted by Gasteiger charge is -2.11. The molecule has 0 aliphatic carbocycles. The Bertz CT molecular complexity index is 649. The van der Waals surface area contributed by atoms with Gasteiger partial charge in [0, 0.05) is 13.6 Å². The summed E-state index contributed by atoms with van der Waals surface area (Å²) in [6.07, 6.45) is 0. The van der Waals surface area contributed by atoms with Crippen LogP contribution in [0.15, 0.2) is 29.3 Å². The fourth-order valence-electron chi connectivity index (χ4n) is 1.92. The minimum absolute atomic E-state index is 0.250. The first kappa shape index (κ1) is 15.9. The zero-order chi connectivity index (χ0) is 15.9. The summed E-state index contributed by atoms with van der Waals surface area (Å²) in [4.78, 5) is 4.45. The summed E-state index contributed by atoms with van der Waals surface area (Å²) in [5.74, 6) is 2.10. The molecule has 0 aliphatic heterocycles. The summed E-state index contributed by atoms with van der Waals surface area (Å²) in [7, 11) is 1.92. The molecule has 0 saturated heterocycles. The van der Waals surface area contributed by atoms with Gasteiger partial charge in [0.25, 0.3) is 0 Å². The average molecular weight is 304 g/mol. The molecule has 2 aromatic rings. The second kappa shape index (κ2) is 7.53. The molecule has 0 aliphatic rings. The Kier molecular flexibility index (Phi) is 5.46. The van der Waals surface area contributed by atoms with E-state index in [1.54, 1.807) is 6.07 Å². The summed E-state index contributed by atoms with van der Waals surface area (Å²) in [5.41, 5.74) is 0.826. The van der Waals surface area contributed by atoms with E-state index >= 15 is 0 Å². The van der Waals surface area contributed by atoms with E-state index in [1.165, 1.54) is 12.1 Å². The zero-order valence-electron chi connectivity index (χ0n) is 13.1. The van der Waals surface area contributed by atoms with Crippen LogP contribution in [0.2, 0.25) is 0 Å². The van der Waals surface area contributed by atoms with Crippen molar-refractivity contribution in [3.63, 3.8) is 0 Å². The third kappa shape index (κ3) is 4.28. The summed E-state index contributed by atoms with van der Waals surface area (Å²) in [5, 5.41) is 14.5. The number of aromatic nitrogens is 3. The molecule has 0 bridgehead atoms. The van der Waals surface area contributed by atoms with Crippen LogP contribution in [-0.2, 0) is 20.1 Å². The van der Waals surface area contributed by atoms with E-state index < -0.39 is 0 Å². The van der Waals surface area contributed by atoms with Crippen LogP contribution in [0.25, 0.3) is 0 Å². The van der Waals surface area contributed by atoms with Gasteiger partial charge in [-0.1, -0.05) is 12.1 Å². The number of benzene rings is 1. The van der Waals surface area contributed by atoms with E-state index in [2.05, 4.69) is 25.8 Å². The van der Waals surface area contributed by atoms with Gasteiger partial charge >= 0.3 is 0 Å². The maximum absolute atomic E-state index is 13.2. The van der Waals surface area contributed by atoms with Gasteiger partial charge in [-0.05, 0) is 31.5 Å². The summed E-state index contributed by atoms with van der Waals surface area (Å²) >= 11 is 0. The molecule has 1 aromatic carbocycles. The third-order valence-electron chi connectivity index (χ3n) is 3.25. The highest BCUT2D eigenvalue weighted by Gasteiger charge is 2.05. The van der Waals surface area contributed by atoms with Gasteiger partial charge in [-0.2, -0.15) is 0 Å². The molecule has 0 spiro atoms. The second-order valence-corrected chi connectivity index (χ2v) is 4.90. The number of hydrogen-bond donors (Lipinski definition) is 2. The standard InChI is InChI=1S/C15H21FN6/c1-4-17-15(18-9-12-6-5-7-13(16)8-12)19-10-14-21-20-11(2)22(14)3/h5-8H,4,9-10H2,1-3H3,(H2,17,18,19). The third-order valence-corrected chi connectivity index (χ3v) is 3.25. The van der Waals surface area contributed by atoms with Crippen molar-refractivity contribution in [1.82, 2.24) is 25.4 Å². The van der Waals surface area contributed by atoms with Crippen molar-refractivity contribution >= 4 is 5.96 Å². The molecule has 1 heterocycles. The molecule has 22 heavy (non-hydrogen) atoms. The largest absolute Gasteiger partial charge is 0.357 e. The van der Waals surface area contributed by atoms with Crippen molar-refractivity contribution in [2.75, 3.05) is 6.54 Å². The molecule has 7 heteroatoms. The molecule has 0 fully saturated rings. The number of aliphatic imine (C=N–C) groups is 1. The minimum atomic E-state index is -0.250. The van der Waals surface area contributed by atoms with Crippen LogP contribution in [0.3, 0.4) is 0 Å². The highest BCUT2D eigenvalue weighted by Crippen LogP contribution is 2.04. The number of guanidine groups is 1. The quantitative estimate of drug-likeness (QED) is 0.649. The average Bonchev–Trinajstić information content (AvgIpc) is 2.82. The van der Waals surface area contributed by atoms with Crippen LogP contribution < -0.4 is 10.6 Å². The first-order chi connectivity index (χ1) is 10.6. The van der Waals surface area contributed by atoms with Crippen LogP contribution in [0.4, 0.5) is 4.39 Å². The minimum Gasteiger partial charge on any atom is -0.357 e. The van der Waals surface area contributed by atoms with Crippen LogP contribution >= 0.6 is 0 Å². The van der Waals surface area contributed by atoms with E-state index in [-0.39, 0.29) is 5.82 Å². The summed E-state index contributed by atoms with van der Waals surface area (Å²) < 4.78 is 15.1. The van der Waals surface area contributed by atoms with Gasteiger partial charge < -0.3 is 15.2 Å². The first-order valence-electron chi connectivity index (χ1n) is 7.21. The normalized spacial score (nSPS) is 11.5. The van der Waals surface area contributed by atoms with Gasteiger partial charge in [-0.3, -0.25) is 0 Å². The number of aryl methyl sites for hydroxylation is 1. The Hall–Kier alpha value is -2.44. The highest BCUT2D eigenvalue weighted by molar-refractivity contribution is 5.79. The molecule has 0 unspecified atom stereocenters. The zero-order valence-corrected chi connectivity index (χ0v) is 13.1. The molecule has 2 N–H and O–H groups in total. The fourth-order valence-corrected chi connectivity index (χ4v) is 1.92. The molecule has 2 rings (SSSR count). The Balaban J connectivity index is 1.99. The molecule has 6 nitrogen and oxygen atoms in total. The Morgan fingerprint density at radius 3 is 2.77 bits per heavy atom. The molecular formula is C15H21FN6. The molecule has 1 aromatic heterocycles. The van der Waals surface area contributed by atoms with Crippen molar-refractivity contribution in [1.29, 1.82) is 0 Å². The lowest BCUT2D eigenvalue weighted by Crippen LogP contribution is -2.37. The molecular weight excluding hydrogens is 283 g/mol. The van der Waals surface area contributed by atoms with Gasteiger partial charge in [0.15, 0.2) is 11.8 Å². The predicted octanol–water partition coefficient (Wildman–Crippen LogP) is 1.52. The lowest BCUT2D eigenvalue weighted by molar-refractivity contribution is 0.625. The SMILES string of the molecule is CCNC(=NCc1cccc(F)c1)NCc1nnc(C)n1C. The smallest absolute Gasteiger partial charge is 0.191 e. The number of halogens is 1. The van der Waals surface area contributed by atoms with Crippen molar-refractivity contribution in [3.8, 4) is 0 Å². The second-order valence-electron chi connectivity index (χ2n) is 4.90. The van der Waals surface area contributed by atoms with Crippen LogP contribution in [0.5, 0.6) is 0 Å². The van der Waals surface area contributed by atoms with Crippen LogP contribution in [-0.4, -0.2) is 27.3 Å². The van der Waals surface area contributed by atoms with Crippen molar-refractivity contribution in [3.05, 3.63) is 47.3 Å². The van der Waals surface area contributed by atoms with Gasteiger partial charge in [-0.25, -0.2) is 9.38 Å². The van der Waals surface area contributed by atoms with E-state index in [9.17, 15) is 4.39 Å². The van der Waals surface area contributed by atoms with Crippen molar-refractivity contribution in [2.24, 2.45) is 12.0 Å². The lowest BCUT2D eigenvalue weighted by atomic mass is 10.2. The van der Waals surface area contributed by atoms with Gasteiger partial charge in [0.1, 0.15) is 11.6 Å². The van der Waals surface area contributed by atoms with E-state index in [1.807, 2.05) is 31.5 Å². The summed E-state index contributed by atoms with van der Waals surface area (Å²) in [6.45, 7) is 5.57. The van der Waals surface area contributed by atoms with Gasteiger partial charge in [0.05, 0.1) is 13.1 Å². The maximum atomic E-state index is 13.2. The number of hydrogen-bond acceptors (Lipinski definition) is 3. The molecule has 0 atom stereocenters.